The summed E-state index contributed by atoms with van der Waals surface area (Å²) in [4.78, 5) is 9.45. The molecule has 0 aromatic rings. The van der Waals surface area contributed by atoms with E-state index in [2.05, 4.69) is 0 Å². The molecule has 0 aromatic heterocycles. The predicted octanol–water partition coefficient (Wildman–Crippen LogP) is -1.21. The molecule has 0 spiro atoms. The Balaban J connectivity index is -0.0000000546. The summed E-state index contributed by atoms with van der Waals surface area (Å²) in [6, 6.07) is 0. The molecule has 0 aliphatic carbocycles. The molecule has 13 heavy (non-hydrogen) atoms. The Bertz CT molecular complexity index is 202. The number of aliphatic hydroxyl groups is 1. The quantitative estimate of drug-likeness (QED) is 0.353. The number of aliphatic hydroxyl groups excluding tert-OH is 1. The summed E-state index contributed by atoms with van der Waals surface area (Å²) in [5.41, 5.74) is 0. The molecule has 10 heteroatoms. The summed E-state index contributed by atoms with van der Waals surface area (Å²) in [6.45, 7) is 1.20. The minimum Gasteiger partial charge on any atom is -0.479 e. The molecular weight excluding hydrogens is 297 g/mol. The van der Waals surface area contributed by atoms with Crippen LogP contribution in [0, 0.1) is 0 Å². The Morgan fingerprint density at radius 2 is 1.31 bits per heavy atom. The van der Waals surface area contributed by atoms with E-state index in [1.165, 1.54) is 6.92 Å². The molecule has 1 unspecified atom stereocenters. The van der Waals surface area contributed by atoms with Crippen molar-refractivity contribution in [3.8, 4) is 0 Å². The van der Waals surface area contributed by atoms with E-state index in [-0.39, 0.29) is 33.0 Å². The van der Waals surface area contributed by atoms with Gasteiger partial charge in [-0.3, -0.25) is 9.11 Å². The molecule has 0 amide bonds. The summed E-state index contributed by atoms with van der Waals surface area (Å²) >= 11 is 0. The van der Waals surface area contributed by atoms with Crippen LogP contribution in [0.15, 0.2) is 0 Å². The van der Waals surface area contributed by atoms with E-state index in [0.29, 0.717) is 0 Å². The van der Waals surface area contributed by atoms with Crippen LogP contribution in [-0.2, 0) is 48.2 Å². The summed E-state index contributed by atoms with van der Waals surface area (Å²) in [7, 11) is -4.67. The summed E-state index contributed by atoms with van der Waals surface area (Å²) < 4.78 is 31.6. The molecule has 0 rings (SSSR count). The van der Waals surface area contributed by atoms with Crippen LogP contribution in [0.3, 0.4) is 0 Å². The van der Waals surface area contributed by atoms with Crippen LogP contribution in [0.5, 0.6) is 0 Å². The van der Waals surface area contributed by atoms with Crippen LogP contribution in [0.1, 0.15) is 6.92 Å². The topological polar surface area (TPSA) is 132 Å². The molecule has 0 aromatic carbocycles. The van der Waals surface area contributed by atoms with E-state index in [1.54, 1.807) is 0 Å². The number of carboxylic acid groups (broad SMARTS) is 1. The first kappa shape index (κ1) is 23.3. The van der Waals surface area contributed by atoms with Crippen molar-refractivity contribution in [1.82, 2.24) is 0 Å². The van der Waals surface area contributed by atoms with Gasteiger partial charge in [-0.25, -0.2) is 4.79 Å². The van der Waals surface area contributed by atoms with Gasteiger partial charge in [0.05, 0.1) is 0 Å². The maximum atomic E-state index is 9.45. The Kier molecular flexibility index (Phi) is 18.5. The molecule has 0 heterocycles. The van der Waals surface area contributed by atoms with Crippen LogP contribution in [-0.4, -0.2) is 39.8 Å². The SMILES string of the molecule is CC(O)C(=O)O.O=S(=O)(O)O.[Ni].[Ni]. The molecule has 0 radical (unpaired) electrons. The Morgan fingerprint density at radius 3 is 1.31 bits per heavy atom. The molecule has 0 saturated carbocycles. The monoisotopic (exact) mass is 304 g/mol. The van der Waals surface area contributed by atoms with Crippen molar-refractivity contribution in [3.05, 3.63) is 0 Å². The number of carbonyl (C=O) groups is 1. The first-order valence-electron chi connectivity index (χ1n) is 2.25. The van der Waals surface area contributed by atoms with Crippen molar-refractivity contribution in [2.24, 2.45) is 0 Å². The molecule has 0 aliphatic rings. The third-order valence-corrected chi connectivity index (χ3v) is 0.357. The van der Waals surface area contributed by atoms with Crippen molar-refractivity contribution in [2.45, 2.75) is 13.0 Å². The second-order valence-corrected chi connectivity index (χ2v) is 2.36. The van der Waals surface area contributed by atoms with Gasteiger partial charge in [-0.05, 0) is 6.92 Å². The summed E-state index contributed by atoms with van der Waals surface area (Å²) in [5.74, 6) is -1.19. The van der Waals surface area contributed by atoms with Gasteiger partial charge in [0.15, 0.2) is 0 Å². The Hall–Kier alpha value is 0.287. The van der Waals surface area contributed by atoms with Gasteiger partial charge in [-0.2, -0.15) is 8.42 Å². The predicted molar refractivity (Wildman–Crippen MR) is 33.5 cm³/mol. The number of rotatable bonds is 1. The van der Waals surface area contributed by atoms with Gasteiger partial charge in [-0.1, -0.05) is 0 Å². The third-order valence-electron chi connectivity index (χ3n) is 0.357. The fourth-order valence-electron chi connectivity index (χ4n) is 0. The van der Waals surface area contributed by atoms with Gasteiger partial charge in [0.25, 0.3) is 0 Å². The van der Waals surface area contributed by atoms with Gasteiger partial charge in [0, 0.05) is 33.0 Å². The second kappa shape index (κ2) is 10.4. The normalized spacial score (nSPS) is 10.8. The van der Waals surface area contributed by atoms with Gasteiger partial charge in [0.2, 0.25) is 0 Å². The van der Waals surface area contributed by atoms with Gasteiger partial charge >= 0.3 is 16.4 Å². The largest absolute Gasteiger partial charge is 0.479 e. The van der Waals surface area contributed by atoms with Gasteiger partial charge in [-0.15, -0.1) is 0 Å². The van der Waals surface area contributed by atoms with Crippen molar-refractivity contribution in [1.29, 1.82) is 0 Å². The average Bonchev–Trinajstić information content (AvgIpc) is 1.59. The van der Waals surface area contributed by atoms with E-state index < -0.39 is 22.5 Å². The van der Waals surface area contributed by atoms with E-state index >= 15 is 0 Å². The summed E-state index contributed by atoms with van der Waals surface area (Å²) in [5, 5.41) is 15.8. The molecule has 0 fully saturated rings. The van der Waals surface area contributed by atoms with Crippen molar-refractivity contribution in [3.63, 3.8) is 0 Å². The van der Waals surface area contributed by atoms with E-state index in [4.69, 9.17) is 27.7 Å². The zero-order chi connectivity index (χ0) is 9.65. The first-order valence-corrected chi connectivity index (χ1v) is 3.65. The number of hydrogen-bond donors (Lipinski definition) is 4. The number of carboxylic acids is 1. The zero-order valence-electron chi connectivity index (χ0n) is 6.13. The molecular formula is C3H8Ni2O7S. The van der Waals surface area contributed by atoms with Crippen LogP contribution in [0.25, 0.3) is 0 Å². The van der Waals surface area contributed by atoms with Crippen LogP contribution in [0.4, 0.5) is 0 Å². The van der Waals surface area contributed by atoms with E-state index in [1.807, 2.05) is 0 Å². The van der Waals surface area contributed by atoms with Gasteiger partial charge in [0.1, 0.15) is 6.10 Å². The number of hydrogen-bond acceptors (Lipinski definition) is 4. The fraction of sp³-hybridized carbons (Fsp3) is 0.667. The van der Waals surface area contributed by atoms with Crippen molar-refractivity contribution >= 4 is 16.4 Å². The number of aliphatic carboxylic acids is 1. The maximum Gasteiger partial charge on any atom is 0.394 e. The first-order chi connectivity index (χ1) is 4.64. The van der Waals surface area contributed by atoms with Crippen molar-refractivity contribution < 1.29 is 65.5 Å². The Labute approximate surface area is 95.0 Å². The molecule has 0 bridgehead atoms. The maximum absolute atomic E-state index is 9.45. The molecule has 0 aliphatic heterocycles. The fourth-order valence-corrected chi connectivity index (χ4v) is 0. The molecule has 1 atom stereocenters. The minimum absolute atomic E-state index is 0. The molecule has 0 saturated heterocycles. The van der Waals surface area contributed by atoms with Crippen LogP contribution >= 0.6 is 0 Å². The standard InChI is InChI=1S/C3H6O3.2Ni.H2O4S/c1-2(4)3(5)6;;;1-5(2,3)4/h2,4H,1H3,(H,5,6);;;(H2,1,2,3,4). The zero-order valence-corrected chi connectivity index (χ0v) is 8.92. The van der Waals surface area contributed by atoms with Crippen LogP contribution < -0.4 is 0 Å². The minimum atomic E-state index is -4.67. The van der Waals surface area contributed by atoms with Crippen molar-refractivity contribution in [2.75, 3.05) is 0 Å². The molecule has 88 valence electrons. The van der Waals surface area contributed by atoms with E-state index in [0.717, 1.165) is 0 Å². The average molecular weight is 306 g/mol. The van der Waals surface area contributed by atoms with Crippen LogP contribution in [0.2, 0.25) is 0 Å². The molecule has 4 N–H and O–H groups in total. The smallest absolute Gasteiger partial charge is 0.394 e. The van der Waals surface area contributed by atoms with Gasteiger partial charge < -0.3 is 10.2 Å². The Morgan fingerprint density at radius 1 is 1.23 bits per heavy atom. The molecule has 7 nitrogen and oxygen atoms in total. The second-order valence-electron chi connectivity index (χ2n) is 1.46. The third kappa shape index (κ3) is 70.7. The van der Waals surface area contributed by atoms with E-state index in [9.17, 15) is 4.79 Å². The summed E-state index contributed by atoms with van der Waals surface area (Å²) in [6.07, 6.45) is -1.23.